The van der Waals surface area contributed by atoms with Crippen LogP contribution >= 0.6 is 0 Å². The lowest BCUT2D eigenvalue weighted by Crippen LogP contribution is -2.34. The molecule has 1 aromatic heterocycles. The van der Waals surface area contributed by atoms with Gasteiger partial charge in [0.05, 0.1) is 17.3 Å². The molecule has 5 nitrogen and oxygen atoms in total. The molecule has 0 spiro atoms. The Kier molecular flexibility index (Phi) is 4.32. The van der Waals surface area contributed by atoms with Gasteiger partial charge in [0.15, 0.2) is 5.82 Å². The molecule has 5 heteroatoms. The van der Waals surface area contributed by atoms with E-state index in [4.69, 9.17) is 4.74 Å². The van der Waals surface area contributed by atoms with Gasteiger partial charge in [0.1, 0.15) is 6.61 Å². The maximum Gasteiger partial charge on any atom is 0.338 e. The first-order chi connectivity index (χ1) is 10.7. The van der Waals surface area contributed by atoms with E-state index in [1.54, 1.807) is 12.1 Å². The highest BCUT2D eigenvalue weighted by Gasteiger charge is 2.27. The van der Waals surface area contributed by atoms with E-state index in [0.717, 1.165) is 30.9 Å². The van der Waals surface area contributed by atoms with E-state index in [1.807, 2.05) is 37.3 Å². The second-order valence-electron chi connectivity index (χ2n) is 5.49. The van der Waals surface area contributed by atoms with Crippen LogP contribution in [-0.2, 0) is 4.74 Å². The van der Waals surface area contributed by atoms with Crippen molar-refractivity contribution in [3.05, 3.63) is 53.7 Å². The molecular formula is C17H19N3O2. The first kappa shape index (κ1) is 14.5. The summed E-state index contributed by atoms with van der Waals surface area (Å²) in [7, 11) is 0. The summed E-state index contributed by atoms with van der Waals surface area (Å²) in [6.45, 7) is 3.22. The number of carbonyl (C=O) groups excluding carboxylic acids is 1. The molecule has 0 bridgehead atoms. The maximum absolute atomic E-state index is 12.0. The van der Waals surface area contributed by atoms with E-state index in [-0.39, 0.29) is 12.0 Å². The number of carbonyl (C=O) groups is 1. The molecule has 1 fully saturated rings. The van der Waals surface area contributed by atoms with Gasteiger partial charge in [-0.15, -0.1) is 5.10 Å². The zero-order valence-electron chi connectivity index (χ0n) is 12.6. The molecule has 0 unspecified atom stereocenters. The molecule has 22 heavy (non-hydrogen) atoms. The lowest BCUT2D eigenvalue weighted by atomic mass is 10.2. The number of hydrogen-bond donors (Lipinski definition) is 0. The van der Waals surface area contributed by atoms with Crippen LogP contribution in [0.5, 0.6) is 0 Å². The van der Waals surface area contributed by atoms with Crippen LogP contribution in [0, 0.1) is 6.92 Å². The monoisotopic (exact) mass is 297 g/mol. The molecule has 0 N–H and O–H groups in total. The first-order valence-corrected chi connectivity index (χ1v) is 7.53. The Labute approximate surface area is 129 Å². The second-order valence-corrected chi connectivity index (χ2v) is 5.49. The number of nitrogens with zero attached hydrogens (tertiary/aromatic N) is 3. The van der Waals surface area contributed by atoms with Crippen LogP contribution in [0.15, 0.2) is 42.5 Å². The van der Waals surface area contributed by atoms with Gasteiger partial charge in [-0.25, -0.2) is 4.79 Å². The minimum absolute atomic E-state index is 0.171. The number of rotatable bonds is 4. The van der Waals surface area contributed by atoms with Crippen LogP contribution in [-0.4, -0.2) is 35.4 Å². The average Bonchev–Trinajstić information content (AvgIpc) is 3.02. The molecule has 2 heterocycles. The first-order valence-electron chi connectivity index (χ1n) is 7.53. The molecule has 2 aromatic rings. The third-order valence-electron chi connectivity index (χ3n) is 3.87. The molecule has 1 aliphatic rings. The van der Waals surface area contributed by atoms with Crippen LogP contribution in [0.2, 0.25) is 0 Å². The lowest BCUT2D eigenvalue weighted by Gasteiger charge is -2.24. The number of aromatic nitrogens is 2. The second kappa shape index (κ2) is 6.56. The third kappa shape index (κ3) is 3.24. The van der Waals surface area contributed by atoms with E-state index >= 15 is 0 Å². The molecule has 0 radical (unpaired) electrons. The molecule has 3 rings (SSSR count). The molecule has 0 aliphatic carbocycles. The Morgan fingerprint density at radius 1 is 1.23 bits per heavy atom. The van der Waals surface area contributed by atoms with Gasteiger partial charge >= 0.3 is 5.97 Å². The van der Waals surface area contributed by atoms with Crippen molar-refractivity contribution >= 4 is 11.8 Å². The highest BCUT2D eigenvalue weighted by molar-refractivity contribution is 5.89. The van der Waals surface area contributed by atoms with Gasteiger partial charge in [-0.2, -0.15) is 5.10 Å². The van der Waals surface area contributed by atoms with Crippen molar-refractivity contribution < 1.29 is 9.53 Å². The van der Waals surface area contributed by atoms with Gasteiger partial charge in [0.25, 0.3) is 0 Å². The summed E-state index contributed by atoms with van der Waals surface area (Å²) >= 11 is 0. The summed E-state index contributed by atoms with van der Waals surface area (Å²) < 4.78 is 5.46. The van der Waals surface area contributed by atoms with E-state index in [2.05, 4.69) is 15.1 Å². The van der Waals surface area contributed by atoms with Crippen molar-refractivity contribution in [1.29, 1.82) is 0 Å². The number of aryl methyl sites for hydroxylation is 1. The zero-order chi connectivity index (χ0) is 15.4. The Morgan fingerprint density at radius 2 is 2.05 bits per heavy atom. The molecule has 1 aliphatic heterocycles. The Morgan fingerprint density at radius 3 is 2.77 bits per heavy atom. The molecule has 114 valence electrons. The summed E-state index contributed by atoms with van der Waals surface area (Å²) in [6, 6.07) is 13.2. The predicted molar refractivity (Wildman–Crippen MR) is 83.9 cm³/mol. The number of hydrogen-bond acceptors (Lipinski definition) is 5. The number of esters is 1. The van der Waals surface area contributed by atoms with E-state index in [0.29, 0.717) is 12.2 Å². The Hall–Kier alpha value is -2.43. The molecule has 1 atom stereocenters. The van der Waals surface area contributed by atoms with E-state index < -0.39 is 0 Å². The largest absolute Gasteiger partial charge is 0.460 e. The quantitative estimate of drug-likeness (QED) is 0.812. The van der Waals surface area contributed by atoms with Crippen LogP contribution < -0.4 is 4.90 Å². The topological polar surface area (TPSA) is 55.3 Å². The SMILES string of the molecule is Cc1ccc(N2CCC[C@H]2COC(=O)c2ccccc2)nn1. The van der Waals surface area contributed by atoms with Crippen LogP contribution in [0.25, 0.3) is 0 Å². The Bertz CT molecular complexity index is 628. The van der Waals surface area contributed by atoms with Crippen molar-refractivity contribution in [1.82, 2.24) is 10.2 Å². The van der Waals surface area contributed by atoms with Crippen LogP contribution in [0.4, 0.5) is 5.82 Å². The number of ether oxygens (including phenoxy) is 1. The van der Waals surface area contributed by atoms with Crippen molar-refractivity contribution in [3.8, 4) is 0 Å². The summed E-state index contributed by atoms with van der Waals surface area (Å²) in [5.74, 6) is 0.575. The van der Waals surface area contributed by atoms with Gasteiger partial charge in [-0.3, -0.25) is 0 Å². The van der Waals surface area contributed by atoms with Gasteiger partial charge in [-0.1, -0.05) is 18.2 Å². The van der Waals surface area contributed by atoms with Gasteiger partial charge in [0, 0.05) is 6.54 Å². The van der Waals surface area contributed by atoms with E-state index in [9.17, 15) is 4.79 Å². The fourth-order valence-electron chi connectivity index (χ4n) is 2.69. The smallest absolute Gasteiger partial charge is 0.338 e. The number of anilines is 1. The van der Waals surface area contributed by atoms with Gasteiger partial charge in [-0.05, 0) is 44.0 Å². The average molecular weight is 297 g/mol. The highest BCUT2D eigenvalue weighted by Crippen LogP contribution is 2.23. The molecule has 1 saturated heterocycles. The third-order valence-corrected chi connectivity index (χ3v) is 3.87. The van der Waals surface area contributed by atoms with Crippen molar-refractivity contribution in [2.45, 2.75) is 25.8 Å². The van der Waals surface area contributed by atoms with Gasteiger partial charge in [0.2, 0.25) is 0 Å². The molecule has 0 saturated carbocycles. The summed E-state index contributed by atoms with van der Waals surface area (Å²) in [6.07, 6.45) is 2.07. The van der Waals surface area contributed by atoms with Crippen LogP contribution in [0.1, 0.15) is 28.9 Å². The Balaban J connectivity index is 1.62. The normalized spacial score (nSPS) is 17.5. The number of benzene rings is 1. The highest BCUT2D eigenvalue weighted by atomic mass is 16.5. The maximum atomic E-state index is 12.0. The van der Waals surface area contributed by atoms with Crippen molar-refractivity contribution in [3.63, 3.8) is 0 Å². The zero-order valence-corrected chi connectivity index (χ0v) is 12.6. The molecule has 0 amide bonds. The van der Waals surface area contributed by atoms with Crippen LogP contribution in [0.3, 0.4) is 0 Å². The minimum Gasteiger partial charge on any atom is -0.460 e. The summed E-state index contributed by atoms with van der Waals surface area (Å²) in [5, 5.41) is 8.33. The fraction of sp³-hybridized carbons (Fsp3) is 0.353. The summed E-state index contributed by atoms with van der Waals surface area (Å²) in [5.41, 5.74) is 1.48. The predicted octanol–water partition coefficient (Wildman–Crippen LogP) is 2.61. The fourth-order valence-corrected chi connectivity index (χ4v) is 2.69. The minimum atomic E-state index is -0.276. The van der Waals surface area contributed by atoms with Crippen molar-refractivity contribution in [2.75, 3.05) is 18.1 Å². The lowest BCUT2D eigenvalue weighted by molar-refractivity contribution is 0.0482. The van der Waals surface area contributed by atoms with Gasteiger partial charge < -0.3 is 9.64 Å². The molecule has 1 aromatic carbocycles. The van der Waals surface area contributed by atoms with Crippen molar-refractivity contribution in [2.24, 2.45) is 0 Å². The van der Waals surface area contributed by atoms with E-state index in [1.165, 1.54) is 0 Å². The summed E-state index contributed by atoms with van der Waals surface area (Å²) in [4.78, 5) is 14.2. The molecular weight excluding hydrogens is 278 g/mol. The standard InChI is InChI=1S/C17H19N3O2/c1-13-9-10-16(19-18-13)20-11-5-8-15(20)12-22-17(21)14-6-3-2-4-7-14/h2-4,6-7,9-10,15H,5,8,11-12H2,1H3/t15-/m0/s1.